The Morgan fingerprint density at radius 2 is 2.29 bits per heavy atom. The van der Waals surface area contributed by atoms with Crippen LogP contribution in [0.15, 0.2) is 18.2 Å². The fourth-order valence-corrected chi connectivity index (χ4v) is 1.28. The van der Waals surface area contributed by atoms with Gasteiger partial charge >= 0.3 is 0 Å². The third-order valence-corrected chi connectivity index (χ3v) is 2.24. The van der Waals surface area contributed by atoms with Crippen molar-refractivity contribution in [3.05, 3.63) is 27.6 Å². The fraction of sp³-hybridized carbons (Fsp3) is 0.222. The molecule has 1 atom stereocenters. The van der Waals surface area contributed by atoms with E-state index in [4.69, 9.17) is 5.11 Å². The Hall–Kier alpha value is -0.690. The number of aliphatic hydroxyl groups excluding tert-OH is 1. The lowest BCUT2D eigenvalue weighted by molar-refractivity contribution is -0.123. The highest BCUT2D eigenvalue weighted by molar-refractivity contribution is 14.1. The van der Waals surface area contributed by atoms with Crippen LogP contribution in [0, 0.1) is 9.39 Å². The molecule has 0 radical (unpaired) electrons. The molecule has 2 N–H and O–H groups in total. The second-order valence-corrected chi connectivity index (χ2v) is 4.04. The number of aliphatic hydroxyl groups is 1. The molecule has 5 heteroatoms. The van der Waals surface area contributed by atoms with Gasteiger partial charge in [-0.2, -0.15) is 0 Å². The third kappa shape index (κ3) is 2.91. The molecule has 0 heterocycles. The summed E-state index contributed by atoms with van der Waals surface area (Å²) in [4.78, 5) is 11.0. The SMILES string of the molecule is CC(O)C(=O)Nc1ccc(I)cc1F. The van der Waals surface area contributed by atoms with Gasteiger partial charge in [0.05, 0.1) is 5.69 Å². The van der Waals surface area contributed by atoms with E-state index in [1.54, 1.807) is 6.07 Å². The number of nitrogens with one attached hydrogen (secondary N) is 1. The predicted molar refractivity (Wildman–Crippen MR) is 59.4 cm³/mol. The van der Waals surface area contributed by atoms with E-state index in [9.17, 15) is 9.18 Å². The first-order valence-electron chi connectivity index (χ1n) is 3.94. The number of halogens is 2. The van der Waals surface area contributed by atoms with Gasteiger partial charge < -0.3 is 10.4 Å². The smallest absolute Gasteiger partial charge is 0.252 e. The van der Waals surface area contributed by atoms with Crippen molar-refractivity contribution in [3.8, 4) is 0 Å². The van der Waals surface area contributed by atoms with Crippen LogP contribution in [-0.2, 0) is 4.79 Å². The van der Waals surface area contributed by atoms with E-state index in [2.05, 4.69) is 5.32 Å². The van der Waals surface area contributed by atoms with Crippen molar-refractivity contribution in [2.45, 2.75) is 13.0 Å². The molecule has 1 amide bonds. The minimum absolute atomic E-state index is 0.0799. The van der Waals surface area contributed by atoms with Crippen LogP contribution in [0.1, 0.15) is 6.92 Å². The van der Waals surface area contributed by atoms with Crippen LogP contribution in [0.3, 0.4) is 0 Å². The normalized spacial score (nSPS) is 12.3. The van der Waals surface area contributed by atoms with Crippen LogP contribution in [0.25, 0.3) is 0 Å². The molecule has 1 aromatic carbocycles. The van der Waals surface area contributed by atoms with E-state index >= 15 is 0 Å². The summed E-state index contributed by atoms with van der Waals surface area (Å²) in [5, 5.41) is 11.2. The molecule has 0 saturated heterocycles. The molecule has 0 saturated carbocycles. The molecule has 76 valence electrons. The summed E-state index contributed by atoms with van der Waals surface area (Å²) in [7, 11) is 0. The molecule has 0 aliphatic rings. The Balaban J connectivity index is 2.82. The molecule has 0 spiro atoms. The van der Waals surface area contributed by atoms with Gasteiger partial charge in [0.1, 0.15) is 11.9 Å². The van der Waals surface area contributed by atoms with Crippen molar-refractivity contribution < 1.29 is 14.3 Å². The average molecular weight is 309 g/mol. The minimum atomic E-state index is -1.14. The largest absolute Gasteiger partial charge is 0.384 e. The van der Waals surface area contributed by atoms with E-state index in [0.717, 1.165) is 3.57 Å². The Labute approximate surface area is 94.5 Å². The summed E-state index contributed by atoms with van der Waals surface area (Å²) in [5.41, 5.74) is 0.0799. The molecular weight excluding hydrogens is 300 g/mol. The molecule has 3 nitrogen and oxygen atoms in total. The monoisotopic (exact) mass is 309 g/mol. The van der Waals surface area contributed by atoms with Gasteiger partial charge in [-0.15, -0.1) is 0 Å². The zero-order valence-corrected chi connectivity index (χ0v) is 9.58. The van der Waals surface area contributed by atoms with Crippen LogP contribution < -0.4 is 5.32 Å². The van der Waals surface area contributed by atoms with Crippen molar-refractivity contribution in [2.75, 3.05) is 5.32 Å². The molecule has 1 rings (SSSR count). The summed E-state index contributed by atoms with van der Waals surface area (Å²) in [6.45, 7) is 1.32. The van der Waals surface area contributed by atoms with Gasteiger partial charge in [0.2, 0.25) is 0 Å². The van der Waals surface area contributed by atoms with Crippen LogP contribution in [-0.4, -0.2) is 17.1 Å². The third-order valence-electron chi connectivity index (χ3n) is 1.57. The summed E-state index contributed by atoms with van der Waals surface area (Å²) < 4.78 is 13.9. The van der Waals surface area contributed by atoms with Crippen LogP contribution >= 0.6 is 22.6 Å². The first-order chi connectivity index (χ1) is 6.50. The predicted octanol–water partition coefficient (Wildman–Crippen LogP) is 1.75. The van der Waals surface area contributed by atoms with Crippen LogP contribution in [0.5, 0.6) is 0 Å². The lowest BCUT2D eigenvalue weighted by atomic mass is 10.3. The molecule has 0 fully saturated rings. The standard InChI is InChI=1S/C9H9FINO2/c1-5(13)9(14)12-8-3-2-6(11)4-7(8)10/h2-5,13H,1H3,(H,12,14). The minimum Gasteiger partial charge on any atom is -0.384 e. The van der Waals surface area contributed by atoms with E-state index in [-0.39, 0.29) is 5.69 Å². The average Bonchev–Trinajstić information content (AvgIpc) is 2.09. The van der Waals surface area contributed by atoms with E-state index < -0.39 is 17.8 Å². The number of anilines is 1. The Bertz CT molecular complexity index is 355. The van der Waals surface area contributed by atoms with E-state index in [0.29, 0.717) is 0 Å². The first-order valence-corrected chi connectivity index (χ1v) is 5.02. The van der Waals surface area contributed by atoms with Crippen molar-refractivity contribution in [1.29, 1.82) is 0 Å². The maximum absolute atomic E-state index is 13.2. The Morgan fingerprint density at radius 1 is 1.64 bits per heavy atom. The molecular formula is C9H9FINO2. The number of hydrogen-bond acceptors (Lipinski definition) is 2. The van der Waals surface area contributed by atoms with Gasteiger partial charge in [0.25, 0.3) is 5.91 Å². The summed E-state index contributed by atoms with van der Waals surface area (Å²) >= 11 is 1.97. The van der Waals surface area contributed by atoms with Gasteiger partial charge in [0, 0.05) is 3.57 Å². The second kappa shape index (κ2) is 4.70. The zero-order valence-electron chi connectivity index (χ0n) is 7.42. The Kier molecular flexibility index (Phi) is 3.82. The quantitative estimate of drug-likeness (QED) is 0.818. The first kappa shape index (κ1) is 11.4. The molecule has 0 aromatic heterocycles. The molecule has 0 aliphatic carbocycles. The number of benzene rings is 1. The summed E-state index contributed by atoms with van der Waals surface area (Å²) in [6, 6.07) is 4.43. The highest BCUT2D eigenvalue weighted by Crippen LogP contribution is 2.16. The Morgan fingerprint density at radius 3 is 2.79 bits per heavy atom. The van der Waals surface area contributed by atoms with E-state index in [1.165, 1.54) is 19.1 Å². The highest BCUT2D eigenvalue weighted by Gasteiger charge is 2.11. The topological polar surface area (TPSA) is 49.3 Å². The van der Waals surface area contributed by atoms with E-state index in [1.807, 2.05) is 22.6 Å². The molecule has 0 bridgehead atoms. The number of carbonyl (C=O) groups excluding carboxylic acids is 1. The maximum Gasteiger partial charge on any atom is 0.252 e. The van der Waals surface area contributed by atoms with Gasteiger partial charge in [-0.3, -0.25) is 4.79 Å². The molecule has 0 aliphatic heterocycles. The van der Waals surface area contributed by atoms with Gasteiger partial charge in [-0.25, -0.2) is 4.39 Å². The van der Waals surface area contributed by atoms with Crippen molar-refractivity contribution in [1.82, 2.24) is 0 Å². The number of carbonyl (C=O) groups is 1. The number of rotatable bonds is 2. The summed E-state index contributed by atoms with van der Waals surface area (Å²) in [6.07, 6.45) is -1.14. The summed E-state index contributed by atoms with van der Waals surface area (Å²) in [5.74, 6) is -1.13. The van der Waals surface area contributed by atoms with Gasteiger partial charge in [0.15, 0.2) is 0 Å². The van der Waals surface area contributed by atoms with Crippen molar-refractivity contribution in [3.63, 3.8) is 0 Å². The van der Waals surface area contributed by atoms with Crippen molar-refractivity contribution in [2.24, 2.45) is 0 Å². The molecule has 1 aromatic rings. The zero-order chi connectivity index (χ0) is 10.7. The fourth-order valence-electron chi connectivity index (χ4n) is 0.828. The van der Waals surface area contributed by atoms with Gasteiger partial charge in [-0.1, -0.05) is 0 Å². The van der Waals surface area contributed by atoms with Crippen LogP contribution in [0.2, 0.25) is 0 Å². The lowest BCUT2D eigenvalue weighted by Crippen LogP contribution is -2.24. The number of amides is 1. The molecule has 14 heavy (non-hydrogen) atoms. The number of hydrogen-bond donors (Lipinski definition) is 2. The van der Waals surface area contributed by atoms with Crippen molar-refractivity contribution >= 4 is 34.2 Å². The van der Waals surface area contributed by atoms with Gasteiger partial charge in [-0.05, 0) is 47.7 Å². The van der Waals surface area contributed by atoms with Crippen LogP contribution in [0.4, 0.5) is 10.1 Å². The molecule has 1 unspecified atom stereocenters. The maximum atomic E-state index is 13.2. The second-order valence-electron chi connectivity index (χ2n) is 2.79. The lowest BCUT2D eigenvalue weighted by Gasteiger charge is -2.07. The highest BCUT2D eigenvalue weighted by atomic mass is 127.